The van der Waals surface area contributed by atoms with Crippen LogP contribution in [0.15, 0.2) is 82.4 Å². The van der Waals surface area contributed by atoms with E-state index in [1.54, 1.807) is 6.26 Å². The quantitative estimate of drug-likeness (QED) is 0.242. The van der Waals surface area contributed by atoms with E-state index in [0.29, 0.717) is 6.04 Å². The molecule has 6 nitrogen and oxygen atoms in total. The Morgan fingerprint density at radius 2 is 1.79 bits per heavy atom. The second kappa shape index (κ2) is 12.6. The fourth-order valence-corrected chi connectivity index (χ4v) is 4.22. The highest BCUT2D eigenvalue weighted by atomic mass is 127. The van der Waals surface area contributed by atoms with Crippen molar-refractivity contribution < 1.29 is 4.42 Å². The molecule has 2 aromatic carbocycles. The third-order valence-electron chi connectivity index (χ3n) is 5.88. The van der Waals surface area contributed by atoms with Crippen molar-refractivity contribution in [1.29, 1.82) is 0 Å². The van der Waals surface area contributed by atoms with E-state index in [4.69, 9.17) is 4.42 Å². The summed E-state index contributed by atoms with van der Waals surface area (Å²) in [4.78, 5) is 9.15. The van der Waals surface area contributed by atoms with E-state index in [1.807, 2.05) is 19.2 Å². The molecule has 0 amide bonds. The zero-order valence-corrected chi connectivity index (χ0v) is 21.7. The third-order valence-corrected chi connectivity index (χ3v) is 5.88. The first-order chi connectivity index (χ1) is 15.7. The largest absolute Gasteiger partial charge is 0.468 e. The molecule has 2 N–H and O–H groups in total. The summed E-state index contributed by atoms with van der Waals surface area (Å²) in [5, 5.41) is 7.11. The summed E-state index contributed by atoms with van der Waals surface area (Å²) in [5.41, 5.74) is 3.87. The Labute approximate surface area is 214 Å². The monoisotopic (exact) mass is 559 g/mol. The predicted octanol–water partition coefficient (Wildman–Crippen LogP) is 4.47. The minimum atomic E-state index is 0. The first-order valence-electron chi connectivity index (χ1n) is 11.3. The van der Waals surface area contributed by atoms with Crippen molar-refractivity contribution >= 4 is 35.6 Å². The van der Waals surface area contributed by atoms with Crippen LogP contribution in [0.25, 0.3) is 0 Å². The molecule has 3 aromatic rings. The number of anilines is 1. The summed E-state index contributed by atoms with van der Waals surface area (Å²) < 4.78 is 5.48. The average molecular weight is 559 g/mol. The Morgan fingerprint density at radius 1 is 1.03 bits per heavy atom. The first kappa shape index (κ1) is 25.1. The van der Waals surface area contributed by atoms with Crippen LogP contribution in [0.3, 0.4) is 0 Å². The normalized spacial score (nSPS) is 16.0. The van der Waals surface area contributed by atoms with Gasteiger partial charge in [0.1, 0.15) is 5.76 Å². The Balaban J connectivity index is 0.00000306. The lowest BCUT2D eigenvalue weighted by molar-refractivity contribution is 0.287. The molecular formula is C26H34IN5O. The fraction of sp³-hybridized carbons (Fsp3) is 0.346. The molecule has 1 atom stereocenters. The lowest BCUT2D eigenvalue weighted by Crippen LogP contribution is -2.44. The number of nitrogens with zero attached hydrogens (tertiary/aromatic N) is 3. The minimum Gasteiger partial charge on any atom is -0.468 e. The van der Waals surface area contributed by atoms with Gasteiger partial charge in [-0.05, 0) is 48.9 Å². The van der Waals surface area contributed by atoms with E-state index < -0.39 is 0 Å². The highest BCUT2D eigenvalue weighted by Gasteiger charge is 2.23. The summed E-state index contributed by atoms with van der Waals surface area (Å²) in [6, 6.07) is 23.5. The number of benzene rings is 2. The van der Waals surface area contributed by atoms with Gasteiger partial charge in [0.05, 0.1) is 12.8 Å². The summed E-state index contributed by atoms with van der Waals surface area (Å²) in [7, 11) is 3.95. The smallest absolute Gasteiger partial charge is 0.191 e. The van der Waals surface area contributed by atoms with Gasteiger partial charge in [0.2, 0.25) is 0 Å². The zero-order valence-electron chi connectivity index (χ0n) is 19.4. The highest BCUT2D eigenvalue weighted by Crippen LogP contribution is 2.19. The number of para-hydroxylation sites is 1. The van der Waals surface area contributed by atoms with Gasteiger partial charge in [-0.2, -0.15) is 0 Å². The third kappa shape index (κ3) is 7.23. The molecule has 0 bridgehead atoms. The fourth-order valence-electron chi connectivity index (χ4n) is 4.22. The number of nitrogens with one attached hydrogen (secondary N) is 2. The molecule has 1 aliphatic rings. The highest BCUT2D eigenvalue weighted by molar-refractivity contribution is 14.0. The zero-order chi connectivity index (χ0) is 22.2. The topological polar surface area (TPSA) is 56.0 Å². The molecule has 1 fully saturated rings. The molecule has 2 heterocycles. The van der Waals surface area contributed by atoms with Crippen LogP contribution in [0.2, 0.25) is 0 Å². The maximum Gasteiger partial charge on any atom is 0.191 e. The van der Waals surface area contributed by atoms with Crippen molar-refractivity contribution in [2.24, 2.45) is 4.99 Å². The van der Waals surface area contributed by atoms with Crippen molar-refractivity contribution in [1.82, 2.24) is 15.5 Å². The van der Waals surface area contributed by atoms with Gasteiger partial charge < -0.3 is 20.0 Å². The van der Waals surface area contributed by atoms with Gasteiger partial charge in [-0.15, -0.1) is 24.0 Å². The molecule has 0 saturated carbocycles. The van der Waals surface area contributed by atoms with E-state index in [1.165, 1.54) is 16.8 Å². The van der Waals surface area contributed by atoms with Crippen LogP contribution >= 0.6 is 24.0 Å². The Bertz CT molecular complexity index is 993. The van der Waals surface area contributed by atoms with Gasteiger partial charge in [0.15, 0.2) is 5.96 Å². The Morgan fingerprint density at radius 3 is 2.52 bits per heavy atom. The Kier molecular flexibility index (Phi) is 9.62. The van der Waals surface area contributed by atoms with Crippen molar-refractivity contribution in [3.8, 4) is 0 Å². The van der Waals surface area contributed by atoms with Crippen LogP contribution in [0.5, 0.6) is 0 Å². The number of aliphatic imine (C=N–C) groups is 1. The van der Waals surface area contributed by atoms with Crippen LogP contribution in [0.1, 0.15) is 23.3 Å². The van der Waals surface area contributed by atoms with Crippen LogP contribution < -0.4 is 15.5 Å². The van der Waals surface area contributed by atoms with E-state index >= 15 is 0 Å². The van der Waals surface area contributed by atoms with E-state index in [-0.39, 0.29) is 24.0 Å². The molecule has 4 rings (SSSR count). The van der Waals surface area contributed by atoms with Gasteiger partial charge in [-0.3, -0.25) is 9.89 Å². The molecule has 0 radical (unpaired) electrons. The van der Waals surface area contributed by atoms with Crippen LogP contribution in [-0.2, 0) is 19.6 Å². The first-order valence-corrected chi connectivity index (χ1v) is 11.3. The number of furan rings is 1. The molecule has 1 aliphatic heterocycles. The number of hydrogen-bond donors (Lipinski definition) is 2. The molecular weight excluding hydrogens is 525 g/mol. The maximum atomic E-state index is 5.48. The molecule has 0 aliphatic carbocycles. The predicted molar refractivity (Wildman–Crippen MR) is 146 cm³/mol. The van der Waals surface area contributed by atoms with E-state index in [0.717, 1.165) is 50.9 Å². The lowest BCUT2D eigenvalue weighted by Gasteiger charge is -2.21. The molecule has 0 spiro atoms. The van der Waals surface area contributed by atoms with Gasteiger partial charge in [0.25, 0.3) is 0 Å². The van der Waals surface area contributed by atoms with Gasteiger partial charge in [-0.25, -0.2) is 0 Å². The number of hydrogen-bond acceptors (Lipinski definition) is 4. The molecule has 1 aromatic heterocycles. The molecule has 1 unspecified atom stereocenters. The summed E-state index contributed by atoms with van der Waals surface area (Å²) >= 11 is 0. The average Bonchev–Trinajstić information content (AvgIpc) is 3.50. The van der Waals surface area contributed by atoms with Crippen LogP contribution in [0.4, 0.5) is 5.69 Å². The lowest BCUT2D eigenvalue weighted by atomic mass is 10.1. The van der Waals surface area contributed by atoms with Crippen molar-refractivity contribution in [3.63, 3.8) is 0 Å². The van der Waals surface area contributed by atoms with Crippen molar-refractivity contribution in [2.45, 2.75) is 32.1 Å². The number of guanidine groups is 1. The second-order valence-corrected chi connectivity index (χ2v) is 8.36. The molecule has 33 heavy (non-hydrogen) atoms. The second-order valence-electron chi connectivity index (χ2n) is 8.36. The Hall–Kier alpha value is -2.52. The minimum absolute atomic E-state index is 0. The summed E-state index contributed by atoms with van der Waals surface area (Å²) in [6.07, 6.45) is 2.83. The SMILES string of the molecule is CN=C(NCc1ccccc1CN(C)Cc1ccco1)NC1CCN(c2ccccc2)C1.I. The molecule has 176 valence electrons. The van der Waals surface area contributed by atoms with Crippen LogP contribution in [-0.4, -0.2) is 44.1 Å². The van der Waals surface area contributed by atoms with E-state index in [2.05, 4.69) is 87.1 Å². The number of rotatable bonds is 8. The van der Waals surface area contributed by atoms with Crippen LogP contribution in [0, 0.1) is 0 Å². The van der Waals surface area contributed by atoms with Gasteiger partial charge in [0, 0.05) is 45.0 Å². The van der Waals surface area contributed by atoms with E-state index in [9.17, 15) is 0 Å². The van der Waals surface area contributed by atoms with Gasteiger partial charge >= 0.3 is 0 Å². The van der Waals surface area contributed by atoms with Gasteiger partial charge in [-0.1, -0.05) is 42.5 Å². The maximum absolute atomic E-state index is 5.48. The standard InChI is InChI=1S/C26H33N5O.HI/c1-27-26(29-23-14-15-31(19-23)24-11-4-3-5-12-24)28-17-21-9-6-7-10-22(21)18-30(2)20-25-13-8-16-32-25;/h3-13,16,23H,14-15,17-20H2,1-2H3,(H2,27,28,29);1H. The van der Waals surface area contributed by atoms with Crippen molar-refractivity contribution in [3.05, 3.63) is 89.9 Å². The molecule has 7 heteroatoms. The summed E-state index contributed by atoms with van der Waals surface area (Å²) in [5.74, 6) is 1.83. The molecule has 1 saturated heterocycles. The number of halogens is 1. The summed E-state index contributed by atoms with van der Waals surface area (Å²) in [6.45, 7) is 4.43. The van der Waals surface area contributed by atoms with Crippen molar-refractivity contribution in [2.75, 3.05) is 32.1 Å².